The van der Waals surface area contributed by atoms with Crippen molar-refractivity contribution >= 4 is 23.5 Å². The first-order valence-corrected chi connectivity index (χ1v) is 9.13. The van der Waals surface area contributed by atoms with Crippen LogP contribution in [0.3, 0.4) is 0 Å². The van der Waals surface area contributed by atoms with Gasteiger partial charge in [-0.05, 0) is 30.3 Å². The van der Waals surface area contributed by atoms with E-state index in [2.05, 4.69) is 15.6 Å². The van der Waals surface area contributed by atoms with Crippen molar-refractivity contribution in [1.29, 1.82) is 0 Å². The number of rotatable bonds is 8. The van der Waals surface area contributed by atoms with Crippen LogP contribution in [0, 0.1) is 0 Å². The predicted octanol–water partition coefficient (Wildman–Crippen LogP) is 1.71. The molecule has 0 radical (unpaired) electrons. The standard InChI is InChI=1S/C20H21N3O6/c24-18(25)6-9-22-19(26)13-1-3-15(4-2-13)23-20(27)14-5-8-21-17(11-14)29-16-7-10-28-12-16/h1-5,8,11,16H,6-7,9-10,12H2,(H,22,26)(H,23,27)(H,24,25). The average Bonchev–Trinajstić information content (AvgIpc) is 3.21. The van der Waals surface area contributed by atoms with Gasteiger partial charge in [0.15, 0.2) is 0 Å². The molecule has 152 valence electrons. The largest absolute Gasteiger partial charge is 0.481 e. The van der Waals surface area contributed by atoms with Crippen molar-refractivity contribution < 1.29 is 29.0 Å². The van der Waals surface area contributed by atoms with Crippen molar-refractivity contribution in [1.82, 2.24) is 10.3 Å². The molecule has 2 amide bonds. The first kappa shape index (κ1) is 20.3. The van der Waals surface area contributed by atoms with Gasteiger partial charge in [-0.15, -0.1) is 0 Å². The maximum Gasteiger partial charge on any atom is 0.305 e. The van der Waals surface area contributed by atoms with Crippen LogP contribution < -0.4 is 15.4 Å². The number of ether oxygens (including phenoxy) is 2. The smallest absolute Gasteiger partial charge is 0.305 e. The van der Waals surface area contributed by atoms with Crippen LogP contribution in [0.25, 0.3) is 0 Å². The highest BCUT2D eigenvalue weighted by Crippen LogP contribution is 2.17. The van der Waals surface area contributed by atoms with Gasteiger partial charge >= 0.3 is 5.97 Å². The number of amides is 2. The number of carbonyl (C=O) groups is 3. The van der Waals surface area contributed by atoms with Gasteiger partial charge in [-0.1, -0.05) is 0 Å². The Morgan fingerprint density at radius 2 is 1.93 bits per heavy atom. The van der Waals surface area contributed by atoms with Crippen LogP contribution in [-0.4, -0.2) is 53.7 Å². The molecule has 1 saturated heterocycles. The second-order valence-electron chi connectivity index (χ2n) is 6.42. The maximum absolute atomic E-state index is 12.5. The summed E-state index contributed by atoms with van der Waals surface area (Å²) >= 11 is 0. The second kappa shape index (κ2) is 9.65. The van der Waals surface area contributed by atoms with Crippen LogP contribution >= 0.6 is 0 Å². The van der Waals surface area contributed by atoms with E-state index in [1.54, 1.807) is 36.4 Å². The zero-order valence-electron chi connectivity index (χ0n) is 15.6. The number of hydrogen-bond acceptors (Lipinski definition) is 6. The third-order valence-corrected chi connectivity index (χ3v) is 4.20. The molecular weight excluding hydrogens is 378 g/mol. The third-order valence-electron chi connectivity index (χ3n) is 4.20. The van der Waals surface area contributed by atoms with Crippen LogP contribution in [-0.2, 0) is 9.53 Å². The van der Waals surface area contributed by atoms with Crippen LogP contribution in [0.15, 0.2) is 42.6 Å². The number of pyridine rings is 1. The number of carbonyl (C=O) groups excluding carboxylic acids is 2. The van der Waals surface area contributed by atoms with Gasteiger partial charge in [-0.3, -0.25) is 14.4 Å². The number of carboxylic acids is 1. The molecule has 0 saturated carbocycles. The lowest BCUT2D eigenvalue weighted by molar-refractivity contribution is -0.136. The Morgan fingerprint density at radius 3 is 2.62 bits per heavy atom. The Hall–Kier alpha value is -3.46. The monoisotopic (exact) mass is 399 g/mol. The molecule has 0 aliphatic carbocycles. The fraction of sp³-hybridized carbons (Fsp3) is 0.300. The Bertz CT molecular complexity index is 878. The summed E-state index contributed by atoms with van der Waals surface area (Å²) in [6, 6.07) is 9.44. The fourth-order valence-corrected chi connectivity index (χ4v) is 2.68. The van der Waals surface area contributed by atoms with E-state index >= 15 is 0 Å². The summed E-state index contributed by atoms with van der Waals surface area (Å²) in [5.41, 5.74) is 1.27. The van der Waals surface area contributed by atoms with Gasteiger partial charge < -0.3 is 25.2 Å². The van der Waals surface area contributed by atoms with Crippen molar-refractivity contribution in [3.8, 4) is 5.88 Å². The summed E-state index contributed by atoms with van der Waals surface area (Å²) in [6.07, 6.45) is 2.08. The van der Waals surface area contributed by atoms with Crippen molar-refractivity contribution in [2.24, 2.45) is 0 Å². The zero-order valence-corrected chi connectivity index (χ0v) is 15.6. The Balaban J connectivity index is 1.56. The lowest BCUT2D eigenvalue weighted by atomic mass is 10.2. The summed E-state index contributed by atoms with van der Waals surface area (Å²) in [4.78, 5) is 39.0. The van der Waals surface area contributed by atoms with E-state index in [9.17, 15) is 14.4 Å². The van der Waals surface area contributed by atoms with Crippen molar-refractivity contribution in [2.75, 3.05) is 25.1 Å². The fourth-order valence-electron chi connectivity index (χ4n) is 2.68. The normalized spacial score (nSPS) is 15.5. The molecule has 1 aromatic heterocycles. The minimum Gasteiger partial charge on any atom is -0.481 e. The van der Waals surface area contributed by atoms with Gasteiger partial charge in [0.25, 0.3) is 11.8 Å². The second-order valence-corrected chi connectivity index (χ2v) is 6.42. The number of aliphatic carboxylic acids is 1. The topological polar surface area (TPSA) is 127 Å². The molecule has 9 nitrogen and oxygen atoms in total. The zero-order chi connectivity index (χ0) is 20.6. The first-order valence-electron chi connectivity index (χ1n) is 9.13. The summed E-state index contributed by atoms with van der Waals surface area (Å²) in [7, 11) is 0. The molecule has 2 aromatic rings. The van der Waals surface area contributed by atoms with Gasteiger partial charge in [0, 0.05) is 42.0 Å². The van der Waals surface area contributed by atoms with Crippen molar-refractivity contribution in [3.05, 3.63) is 53.7 Å². The molecule has 2 heterocycles. The molecular formula is C20H21N3O6. The van der Waals surface area contributed by atoms with E-state index in [1.807, 2.05) is 0 Å². The molecule has 1 aliphatic rings. The molecule has 0 spiro atoms. The Morgan fingerprint density at radius 1 is 1.14 bits per heavy atom. The predicted molar refractivity (Wildman–Crippen MR) is 103 cm³/mol. The third kappa shape index (κ3) is 6.01. The average molecular weight is 399 g/mol. The molecule has 3 rings (SSSR count). The highest BCUT2D eigenvalue weighted by Gasteiger charge is 2.18. The van der Waals surface area contributed by atoms with E-state index < -0.39 is 5.97 Å². The summed E-state index contributed by atoms with van der Waals surface area (Å²) in [6.45, 7) is 1.21. The minimum atomic E-state index is -0.982. The van der Waals surface area contributed by atoms with Crippen LogP contribution in [0.2, 0.25) is 0 Å². The number of nitrogens with one attached hydrogen (secondary N) is 2. The van der Waals surface area contributed by atoms with Crippen LogP contribution in [0.5, 0.6) is 5.88 Å². The van der Waals surface area contributed by atoms with E-state index in [0.29, 0.717) is 35.9 Å². The van der Waals surface area contributed by atoms with Gasteiger partial charge in [0.05, 0.1) is 19.6 Å². The highest BCUT2D eigenvalue weighted by molar-refractivity contribution is 6.04. The number of nitrogens with zero attached hydrogens (tertiary/aromatic N) is 1. The molecule has 1 unspecified atom stereocenters. The molecule has 1 aliphatic heterocycles. The van der Waals surface area contributed by atoms with Gasteiger partial charge in [-0.2, -0.15) is 0 Å². The minimum absolute atomic E-state index is 0.0477. The van der Waals surface area contributed by atoms with Gasteiger partial charge in [0.2, 0.25) is 5.88 Å². The number of hydrogen-bond donors (Lipinski definition) is 3. The lowest BCUT2D eigenvalue weighted by Crippen LogP contribution is -2.25. The van der Waals surface area contributed by atoms with E-state index in [4.69, 9.17) is 14.6 Å². The number of aromatic nitrogens is 1. The molecule has 9 heteroatoms. The highest BCUT2D eigenvalue weighted by atomic mass is 16.5. The number of benzene rings is 1. The summed E-state index contributed by atoms with van der Waals surface area (Å²) in [5, 5.41) is 13.9. The van der Waals surface area contributed by atoms with Gasteiger partial charge in [-0.25, -0.2) is 4.98 Å². The number of carboxylic acid groups (broad SMARTS) is 1. The molecule has 1 atom stereocenters. The van der Waals surface area contributed by atoms with Crippen molar-refractivity contribution in [3.63, 3.8) is 0 Å². The molecule has 29 heavy (non-hydrogen) atoms. The van der Waals surface area contributed by atoms with E-state index in [-0.39, 0.29) is 30.9 Å². The lowest BCUT2D eigenvalue weighted by Gasteiger charge is -2.12. The maximum atomic E-state index is 12.5. The van der Waals surface area contributed by atoms with Gasteiger partial charge in [0.1, 0.15) is 6.10 Å². The Labute approximate surface area is 167 Å². The summed E-state index contributed by atoms with van der Waals surface area (Å²) in [5.74, 6) is -1.33. The quantitative estimate of drug-likeness (QED) is 0.617. The number of anilines is 1. The van der Waals surface area contributed by atoms with E-state index in [0.717, 1.165) is 6.42 Å². The summed E-state index contributed by atoms with van der Waals surface area (Å²) < 4.78 is 11.0. The van der Waals surface area contributed by atoms with Crippen LogP contribution in [0.1, 0.15) is 33.6 Å². The molecule has 1 aromatic carbocycles. The first-order chi connectivity index (χ1) is 14.0. The molecule has 0 bridgehead atoms. The van der Waals surface area contributed by atoms with E-state index in [1.165, 1.54) is 6.20 Å². The SMILES string of the molecule is O=C(O)CCNC(=O)c1ccc(NC(=O)c2ccnc(OC3CCOC3)c2)cc1. The van der Waals surface area contributed by atoms with Crippen LogP contribution in [0.4, 0.5) is 5.69 Å². The molecule has 1 fully saturated rings. The Kier molecular flexibility index (Phi) is 6.75. The van der Waals surface area contributed by atoms with Crippen molar-refractivity contribution in [2.45, 2.75) is 18.9 Å². The molecule has 3 N–H and O–H groups in total.